The van der Waals surface area contributed by atoms with Crippen molar-refractivity contribution in [1.29, 1.82) is 0 Å². The smallest absolute Gasteiger partial charge is 0.191 e. The van der Waals surface area contributed by atoms with E-state index in [4.69, 9.17) is 19.2 Å². The largest absolute Gasteiger partial charge is 0.491 e. The van der Waals surface area contributed by atoms with Crippen molar-refractivity contribution >= 4 is 29.9 Å². The van der Waals surface area contributed by atoms with Crippen molar-refractivity contribution in [3.8, 4) is 5.75 Å². The molecule has 2 fully saturated rings. The predicted octanol–water partition coefficient (Wildman–Crippen LogP) is 3.34. The van der Waals surface area contributed by atoms with Gasteiger partial charge in [-0.05, 0) is 65.3 Å². The van der Waals surface area contributed by atoms with E-state index in [1.54, 1.807) is 0 Å². The SMILES string of the molecule is CCNC(=NCc1ccc(C)cc1OCC1CCCO1)NCC1(N(C)C)CCOCC1.I. The number of hydrogen-bond acceptors (Lipinski definition) is 5. The van der Waals surface area contributed by atoms with Gasteiger partial charge in [-0.1, -0.05) is 12.1 Å². The van der Waals surface area contributed by atoms with Crippen LogP contribution in [-0.2, 0) is 16.0 Å². The molecule has 0 bridgehead atoms. The number of aryl methyl sites for hydroxylation is 1. The summed E-state index contributed by atoms with van der Waals surface area (Å²) in [6.07, 6.45) is 4.44. The van der Waals surface area contributed by atoms with Gasteiger partial charge in [0, 0.05) is 44.0 Å². The summed E-state index contributed by atoms with van der Waals surface area (Å²) < 4.78 is 17.4. The topological polar surface area (TPSA) is 67.4 Å². The van der Waals surface area contributed by atoms with Crippen LogP contribution in [0.15, 0.2) is 23.2 Å². The van der Waals surface area contributed by atoms with Crippen molar-refractivity contribution in [2.45, 2.75) is 57.7 Å². The lowest BCUT2D eigenvalue weighted by molar-refractivity contribution is -0.00501. The van der Waals surface area contributed by atoms with Crippen LogP contribution in [0, 0.1) is 6.92 Å². The fourth-order valence-corrected chi connectivity index (χ4v) is 4.17. The molecule has 2 aliphatic rings. The van der Waals surface area contributed by atoms with Gasteiger partial charge < -0.3 is 29.7 Å². The first-order valence-electron chi connectivity index (χ1n) is 11.6. The normalized spacial score (nSPS) is 20.7. The third-order valence-electron chi connectivity index (χ3n) is 6.38. The standard InChI is InChI=1S/C24H40N4O3.HI/c1-5-25-23(27-18-24(28(3)4)10-13-29-14-11-24)26-16-20-9-8-19(2)15-22(20)31-17-21-7-6-12-30-21;/h8-9,15,21H,5-7,10-14,16-18H2,1-4H3,(H2,25,26,27);1H. The van der Waals surface area contributed by atoms with Gasteiger partial charge in [0.25, 0.3) is 0 Å². The number of halogens is 1. The number of guanidine groups is 1. The van der Waals surface area contributed by atoms with Crippen molar-refractivity contribution in [1.82, 2.24) is 15.5 Å². The molecule has 1 aromatic carbocycles. The highest BCUT2D eigenvalue weighted by Gasteiger charge is 2.34. The molecule has 0 aliphatic carbocycles. The third kappa shape index (κ3) is 7.74. The van der Waals surface area contributed by atoms with E-state index in [9.17, 15) is 0 Å². The fraction of sp³-hybridized carbons (Fsp3) is 0.708. The van der Waals surface area contributed by atoms with Gasteiger partial charge in [0.1, 0.15) is 12.4 Å². The molecule has 1 atom stereocenters. The minimum absolute atomic E-state index is 0. The first-order valence-corrected chi connectivity index (χ1v) is 11.6. The molecule has 1 unspecified atom stereocenters. The Morgan fingerprint density at radius 1 is 1.22 bits per heavy atom. The van der Waals surface area contributed by atoms with Gasteiger partial charge in [0.15, 0.2) is 5.96 Å². The number of nitrogens with zero attached hydrogens (tertiary/aromatic N) is 2. The van der Waals surface area contributed by atoms with Gasteiger partial charge in [0.05, 0.1) is 12.6 Å². The average Bonchev–Trinajstić information content (AvgIpc) is 3.29. The van der Waals surface area contributed by atoms with Crippen LogP contribution >= 0.6 is 24.0 Å². The summed E-state index contributed by atoms with van der Waals surface area (Å²) in [5, 5.41) is 6.96. The highest BCUT2D eigenvalue weighted by atomic mass is 127. The number of likely N-dealkylation sites (N-methyl/N-ethyl adjacent to an activating group) is 1. The highest BCUT2D eigenvalue weighted by molar-refractivity contribution is 14.0. The molecule has 2 saturated heterocycles. The first kappa shape index (κ1) is 27.1. The molecule has 182 valence electrons. The Kier molecular flexibility index (Phi) is 11.5. The maximum Gasteiger partial charge on any atom is 0.191 e. The van der Waals surface area contributed by atoms with Gasteiger partial charge in [-0.15, -0.1) is 24.0 Å². The van der Waals surface area contributed by atoms with Gasteiger partial charge in [0.2, 0.25) is 0 Å². The maximum atomic E-state index is 6.14. The van der Waals surface area contributed by atoms with Gasteiger partial charge >= 0.3 is 0 Å². The molecule has 32 heavy (non-hydrogen) atoms. The van der Waals surface area contributed by atoms with E-state index in [2.05, 4.69) is 61.7 Å². The van der Waals surface area contributed by atoms with Crippen molar-refractivity contribution < 1.29 is 14.2 Å². The summed E-state index contributed by atoms with van der Waals surface area (Å²) in [7, 11) is 4.31. The van der Waals surface area contributed by atoms with Crippen molar-refractivity contribution in [3.63, 3.8) is 0 Å². The van der Waals surface area contributed by atoms with E-state index in [1.807, 2.05) is 0 Å². The van der Waals surface area contributed by atoms with Gasteiger partial charge in [-0.2, -0.15) is 0 Å². The number of ether oxygens (including phenoxy) is 3. The Bertz CT molecular complexity index is 717. The molecule has 0 radical (unpaired) electrons. The Balaban J connectivity index is 0.00000363. The highest BCUT2D eigenvalue weighted by Crippen LogP contribution is 2.25. The maximum absolute atomic E-state index is 6.14. The van der Waals surface area contributed by atoms with Crippen LogP contribution in [0.2, 0.25) is 0 Å². The molecule has 0 saturated carbocycles. The van der Waals surface area contributed by atoms with E-state index < -0.39 is 0 Å². The average molecular weight is 561 g/mol. The van der Waals surface area contributed by atoms with Crippen molar-refractivity contribution in [2.24, 2.45) is 4.99 Å². The molecule has 1 aromatic rings. The zero-order chi connectivity index (χ0) is 22.1. The number of benzene rings is 1. The van der Waals surface area contributed by atoms with E-state index in [0.29, 0.717) is 13.2 Å². The second-order valence-electron chi connectivity index (χ2n) is 8.84. The molecule has 0 spiro atoms. The molecule has 0 amide bonds. The summed E-state index contributed by atoms with van der Waals surface area (Å²) in [5.41, 5.74) is 2.37. The molecule has 7 nitrogen and oxygen atoms in total. The first-order chi connectivity index (χ1) is 15.0. The van der Waals surface area contributed by atoms with E-state index in [1.165, 1.54) is 5.56 Å². The second kappa shape index (κ2) is 13.6. The van der Waals surface area contributed by atoms with E-state index >= 15 is 0 Å². The number of aliphatic imine (C=N–C) groups is 1. The summed E-state index contributed by atoms with van der Waals surface area (Å²) in [6.45, 7) is 9.47. The number of rotatable bonds is 9. The molecule has 3 rings (SSSR count). The Morgan fingerprint density at radius 2 is 2.00 bits per heavy atom. The predicted molar refractivity (Wildman–Crippen MR) is 140 cm³/mol. The van der Waals surface area contributed by atoms with E-state index in [0.717, 1.165) is 75.9 Å². The minimum atomic E-state index is 0. The summed E-state index contributed by atoms with van der Waals surface area (Å²) in [5.74, 6) is 1.74. The van der Waals surface area contributed by atoms with Crippen LogP contribution < -0.4 is 15.4 Å². The lowest BCUT2D eigenvalue weighted by Gasteiger charge is -2.43. The fourth-order valence-electron chi connectivity index (χ4n) is 4.17. The van der Waals surface area contributed by atoms with Gasteiger partial charge in [-0.25, -0.2) is 4.99 Å². The quantitative estimate of drug-likeness (QED) is 0.275. The van der Waals surface area contributed by atoms with Crippen molar-refractivity contribution in [2.75, 3.05) is 53.6 Å². The number of nitrogens with one attached hydrogen (secondary N) is 2. The van der Waals surface area contributed by atoms with Gasteiger partial charge in [-0.3, -0.25) is 0 Å². The Morgan fingerprint density at radius 3 is 2.66 bits per heavy atom. The van der Waals surface area contributed by atoms with Crippen LogP contribution in [0.1, 0.15) is 43.7 Å². The number of hydrogen-bond donors (Lipinski definition) is 2. The lowest BCUT2D eigenvalue weighted by Crippen LogP contribution is -2.57. The molecular formula is C24H41IN4O3. The zero-order valence-corrected chi connectivity index (χ0v) is 22.4. The monoisotopic (exact) mass is 560 g/mol. The molecule has 8 heteroatoms. The summed E-state index contributed by atoms with van der Waals surface area (Å²) in [6, 6.07) is 6.34. The van der Waals surface area contributed by atoms with Crippen LogP contribution in [0.5, 0.6) is 5.75 Å². The minimum Gasteiger partial charge on any atom is -0.491 e. The molecule has 0 aromatic heterocycles. The van der Waals surface area contributed by atoms with Crippen molar-refractivity contribution in [3.05, 3.63) is 29.3 Å². The third-order valence-corrected chi connectivity index (χ3v) is 6.38. The molecule has 2 aliphatic heterocycles. The summed E-state index contributed by atoms with van der Waals surface area (Å²) in [4.78, 5) is 7.18. The molecule has 2 heterocycles. The van der Waals surface area contributed by atoms with E-state index in [-0.39, 0.29) is 35.6 Å². The van der Waals surface area contributed by atoms with Crippen LogP contribution in [-0.4, -0.2) is 76.1 Å². The molecular weight excluding hydrogens is 519 g/mol. The van der Waals surface area contributed by atoms with Crippen LogP contribution in [0.3, 0.4) is 0 Å². The second-order valence-corrected chi connectivity index (χ2v) is 8.84. The summed E-state index contributed by atoms with van der Waals surface area (Å²) >= 11 is 0. The molecule has 2 N–H and O–H groups in total. The lowest BCUT2D eigenvalue weighted by atomic mass is 9.88. The Labute approximate surface area is 210 Å². The van der Waals surface area contributed by atoms with Crippen LogP contribution in [0.25, 0.3) is 0 Å². The zero-order valence-electron chi connectivity index (χ0n) is 20.1. The van der Waals surface area contributed by atoms with Crippen LogP contribution in [0.4, 0.5) is 0 Å². The Hall–Kier alpha value is -1.10.